The van der Waals surface area contributed by atoms with Gasteiger partial charge in [0.1, 0.15) is 5.82 Å². The van der Waals surface area contributed by atoms with Crippen molar-refractivity contribution in [3.05, 3.63) is 68.9 Å². The highest BCUT2D eigenvalue weighted by atomic mass is 79.9. The molecule has 0 heterocycles. The summed E-state index contributed by atoms with van der Waals surface area (Å²) in [6.07, 6.45) is 0.756. The van der Waals surface area contributed by atoms with E-state index < -0.39 is 0 Å². The molecule has 0 nitrogen and oxygen atoms in total. The zero-order chi connectivity index (χ0) is 15.5. The normalized spacial score (nSPS) is 11.7. The van der Waals surface area contributed by atoms with Gasteiger partial charge in [-0.1, -0.05) is 83.7 Å². The van der Waals surface area contributed by atoms with Crippen LogP contribution in [0.1, 0.15) is 11.1 Å². The molecule has 2 rings (SSSR count). The Labute approximate surface area is 154 Å². The van der Waals surface area contributed by atoms with E-state index >= 15 is 0 Å². The lowest BCUT2D eigenvalue weighted by Crippen LogP contribution is -2.33. The molecule has 0 N–H and O–H groups in total. The van der Waals surface area contributed by atoms with Crippen LogP contribution >= 0.6 is 59.4 Å². The number of hydrogen-bond acceptors (Lipinski definition) is 0. The lowest BCUT2D eigenvalue weighted by Gasteiger charge is -2.32. The van der Waals surface area contributed by atoms with Crippen molar-refractivity contribution in [2.24, 2.45) is 0 Å². The predicted octanol–water partition coefficient (Wildman–Crippen LogP) is 6.51. The summed E-state index contributed by atoms with van der Waals surface area (Å²) in [5.74, 6) is -0.385. The SMILES string of the molecule is Fc1ccc(CC(CBr)(CBr)c2ccccc2Br)cc1Cl. The Balaban J connectivity index is 2.43. The Morgan fingerprint density at radius 2 is 1.71 bits per heavy atom. The van der Waals surface area contributed by atoms with E-state index in [1.165, 1.54) is 11.6 Å². The van der Waals surface area contributed by atoms with E-state index in [0.29, 0.717) is 0 Å². The van der Waals surface area contributed by atoms with E-state index in [2.05, 4.69) is 53.9 Å². The summed E-state index contributed by atoms with van der Waals surface area (Å²) < 4.78 is 14.4. The average Bonchev–Trinajstić information content (AvgIpc) is 2.49. The molecule has 21 heavy (non-hydrogen) atoms. The van der Waals surface area contributed by atoms with E-state index in [-0.39, 0.29) is 16.3 Å². The van der Waals surface area contributed by atoms with Crippen LogP contribution in [0.5, 0.6) is 0 Å². The number of hydrogen-bond donors (Lipinski definition) is 0. The first-order chi connectivity index (χ1) is 10.0. The fraction of sp³-hybridized carbons (Fsp3) is 0.250. The van der Waals surface area contributed by atoms with Gasteiger partial charge >= 0.3 is 0 Å². The maximum absolute atomic E-state index is 13.3. The van der Waals surface area contributed by atoms with Crippen LogP contribution in [0.3, 0.4) is 0 Å². The first-order valence-electron chi connectivity index (χ1n) is 6.33. The Hall–Kier alpha value is 0.1000. The molecule has 0 atom stereocenters. The van der Waals surface area contributed by atoms with Gasteiger partial charge in [-0.25, -0.2) is 4.39 Å². The van der Waals surface area contributed by atoms with Crippen molar-refractivity contribution in [3.63, 3.8) is 0 Å². The van der Waals surface area contributed by atoms with Gasteiger partial charge in [0.15, 0.2) is 0 Å². The van der Waals surface area contributed by atoms with Crippen LogP contribution in [0, 0.1) is 5.82 Å². The molecule has 0 aromatic heterocycles. The molecule has 0 fully saturated rings. The van der Waals surface area contributed by atoms with E-state index in [1.54, 1.807) is 12.1 Å². The fourth-order valence-corrected chi connectivity index (χ4v) is 5.14. The van der Waals surface area contributed by atoms with E-state index in [0.717, 1.165) is 27.1 Å². The molecular weight excluding hydrogens is 486 g/mol. The van der Waals surface area contributed by atoms with E-state index in [4.69, 9.17) is 11.6 Å². The summed E-state index contributed by atoms with van der Waals surface area (Å²) in [5.41, 5.74) is 2.08. The molecule has 0 bridgehead atoms. The highest BCUT2D eigenvalue weighted by Crippen LogP contribution is 2.37. The summed E-state index contributed by atoms with van der Waals surface area (Å²) in [7, 11) is 0. The van der Waals surface area contributed by atoms with Crippen LogP contribution in [-0.2, 0) is 11.8 Å². The van der Waals surface area contributed by atoms with Gasteiger partial charge in [-0.15, -0.1) is 0 Å². The minimum absolute atomic E-state index is 0.138. The second-order valence-corrected chi connectivity index (χ2v) is 7.34. The molecule has 5 heteroatoms. The summed E-state index contributed by atoms with van der Waals surface area (Å²) in [6.45, 7) is 0. The molecule has 0 unspecified atom stereocenters. The Kier molecular flexibility index (Phi) is 6.30. The maximum atomic E-state index is 13.3. The lowest BCUT2D eigenvalue weighted by molar-refractivity contribution is 0.547. The first kappa shape index (κ1) is 17.5. The molecule has 0 aliphatic rings. The third-order valence-electron chi connectivity index (χ3n) is 3.48. The van der Waals surface area contributed by atoms with Crippen molar-refractivity contribution in [1.29, 1.82) is 0 Å². The third kappa shape index (κ3) is 3.90. The van der Waals surface area contributed by atoms with Gasteiger partial charge in [-0.2, -0.15) is 0 Å². The molecule has 0 aliphatic heterocycles. The molecule has 0 amide bonds. The van der Waals surface area contributed by atoms with Crippen LogP contribution < -0.4 is 0 Å². The predicted molar refractivity (Wildman–Crippen MR) is 98.5 cm³/mol. The van der Waals surface area contributed by atoms with Crippen molar-refractivity contribution in [2.75, 3.05) is 10.7 Å². The van der Waals surface area contributed by atoms with Gasteiger partial charge in [-0.3, -0.25) is 0 Å². The number of rotatable bonds is 5. The molecule has 0 saturated carbocycles. The average molecular weight is 499 g/mol. The van der Waals surface area contributed by atoms with Crippen LogP contribution in [0.2, 0.25) is 5.02 Å². The van der Waals surface area contributed by atoms with Crippen LogP contribution in [0.4, 0.5) is 4.39 Å². The van der Waals surface area contributed by atoms with Gasteiger partial charge in [0.05, 0.1) is 5.02 Å². The topological polar surface area (TPSA) is 0 Å². The third-order valence-corrected chi connectivity index (χ3v) is 6.61. The largest absolute Gasteiger partial charge is 0.205 e. The maximum Gasteiger partial charge on any atom is 0.141 e. The molecule has 112 valence electrons. The standard InChI is InChI=1S/C16H13Br3ClF/c17-9-16(10-18,12-3-1-2-4-13(12)19)8-11-5-6-15(21)14(20)7-11/h1-7H,8-10H2. The second kappa shape index (κ2) is 7.58. The van der Waals surface area contributed by atoms with Crippen molar-refractivity contribution in [1.82, 2.24) is 0 Å². The van der Waals surface area contributed by atoms with E-state index in [9.17, 15) is 4.39 Å². The quantitative estimate of drug-likeness (QED) is 0.412. The number of alkyl halides is 2. The molecule has 2 aromatic carbocycles. The molecule has 0 spiro atoms. The second-order valence-electron chi connectivity index (χ2n) is 4.95. The van der Waals surface area contributed by atoms with Gasteiger partial charge < -0.3 is 0 Å². The molecule has 0 radical (unpaired) electrons. The highest BCUT2D eigenvalue weighted by molar-refractivity contribution is 9.10. The minimum atomic E-state index is -0.385. The summed E-state index contributed by atoms with van der Waals surface area (Å²) in [4.78, 5) is 0. The minimum Gasteiger partial charge on any atom is -0.205 e. The van der Waals surface area contributed by atoms with Crippen molar-refractivity contribution in [3.8, 4) is 0 Å². The number of benzene rings is 2. The lowest BCUT2D eigenvalue weighted by atomic mass is 9.79. The summed E-state index contributed by atoms with van der Waals surface area (Å²) in [5, 5.41) is 1.73. The Morgan fingerprint density at radius 3 is 2.29 bits per heavy atom. The molecular formula is C16H13Br3ClF. The fourth-order valence-electron chi connectivity index (χ4n) is 2.30. The van der Waals surface area contributed by atoms with Crippen molar-refractivity contribution >= 4 is 59.4 Å². The van der Waals surface area contributed by atoms with Gasteiger partial charge in [0.25, 0.3) is 0 Å². The van der Waals surface area contributed by atoms with E-state index in [1.807, 2.05) is 18.2 Å². The van der Waals surface area contributed by atoms with Crippen molar-refractivity contribution in [2.45, 2.75) is 11.8 Å². The summed E-state index contributed by atoms with van der Waals surface area (Å²) >= 11 is 16.8. The Bertz CT molecular complexity index is 627. The van der Waals surface area contributed by atoms with Gasteiger partial charge in [0, 0.05) is 20.5 Å². The summed E-state index contributed by atoms with van der Waals surface area (Å²) in [6, 6.07) is 13.1. The molecule has 0 aliphatic carbocycles. The monoisotopic (exact) mass is 496 g/mol. The van der Waals surface area contributed by atoms with Gasteiger partial charge in [-0.05, 0) is 35.7 Å². The highest BCUT2D eigenvalue weighted by Gasteiger charge is 2.32. The zero-order valence-corrected chi connectivity index (χ0v) is 16.6. The molecule has 2 aromatic rings. The zero-order valence-electron chi connectivity index (χ0n) is 11.1. The van der Waals surface area contributed by atoms with Crippen molar-refractivity contribution < 1.29 is 4.39 Å². The smallest absolute Gasteiger partial charge is 0.141 e. The van der Waals surface area contributed by atoms with Crippen LogP contribution in [-0.4, -0.2) is 10.7 Å². The Morgan fingerprint density at radius 1 is 1.05 bits per heavy atom. The van der Waals surface area contributed by atoms with Gasteiger partial charge in [0.2, 0.25) is 0 Å². The van der Waals surface area contributed by atoms with Crippen LogP contribution in [0.25, 0.3) is 0 Å². The first-order valence-corrected chi connectivity index (χ1v) is 9.74. The van der Waals surface area contributed by atoms with Crippen LogP contribution in [0.15, 0.2) is 46.9 Å². The number of halogens is 5. The molecule has 0 saturated heterocycles.